The Hall–Kier alpha value is 0.866. The quantitative estimate of drug-likeness (QED) is 0.102. The summed E-state index contributed by atoms with van der Waals surface area (Å²) >= 11 is 6.50. The van der Waals surface area contributed by atoms with Gasteiger partial charge in [-0.25, -0.2) is 16.7 Å². The minimum Gasteiger partial charge on any atom is -1.00 e. The number of rotatable bonds is 0. The fraction of sp³-hybridized carbons (Fsp3) is 0.250. The van der Waals surface area contributed by atoms with E-state index in [-0.39, 0.29) is 52.8 Å². The third kappa shape index (κ3) is 15.3. The predicted molar refractivity (Wildman–Crippen MR) is 53.9 cm³/mol. The van der Waals surface area contributed by atoms with Gasteiger partial charge in [-0.05, 0) is 0 Å². The summed E-state index contributed by atoms with van der Waals surface area (Å²) in [6.45, 7) is 1.17. The second kappa shape index (κ2) is 11.9. The van der Waals surface area contributed by atoms with Gasteiger partial charge in [0.1, 0.15) is 0 Å². The number of carbonyl (C=O) groups is 3. The Morgan fingerprint density at radius 1 is 1.36 bits per heavy atom. The zero-order chi connectivity index (χ0) is 11.0. The Kier molecular flexibility index (Phi) is 17.3. The third-order valence-corrected chi connectivity index (χ3v) is 1.01. The minimum absolute atomic E-state index is 0. The van der Waals surface area contributed by atoms with Crippen molar-refractivity contribution in [1.29, 1.82) is 0 Å². The largest absolute Gasteiger partial charge is 1.00 e. The van der Waals surface area contributed by atoms with E-state index in [0.29, 0.717) is 5.01 Å². The van der Waals surface area contributed by atoms with Crippen LogP contribution in [0.15, 0.2) is 0 Å². The van der Waals surface area contributed by atoms with E-state index in [1.54, 1.807) is 5.43 Å². The van der Waals surface area contributed by atoms with Crippen molar-refractivity contribution in [2.45, 2.75) is 6.92 Å². The molecule has 0 saturated heterocycles. The van der Waals surface area contributed by atoms with E-state index in [4.69, 9.17) is 5.84 Å². The van der Waals surface area contributed by atoms with E-state index in [1.807, 2.05) is 0 Å². The Morgan fingerprint density at radius 2 is 1.64 bits per heavy atom. The monoisotopic (exact) mass is 266 g/mol. The smallest absolute Gasteiger partial charge is 1.00 e. The van der Waals surface area contributed by atoms with Crippen LogP contribution in [0.1, 0.15) is 8.35 Å². The number of nitrogens with two attached hydrogens (primary N) is 2. The molecule has 14 heavy (non-hydrogen) atoms. The number of hydrogen-bond acceptors (Lipinski definition) is 5. The number of carbonyl (C=O) groups excluding carboxylic acids is 3. The predicted octanol–water partition coefficient (Wildman–Crippen LogP) is -3.63. The fourth-order valence-corrected chi connectivity index (χ4v) is 0.276. The van der Waals surface area contributed by atoms with Crippen LogP contribution in [0, 0.1) is 0 Å². The number of amides is 3. The molecule has 0 aromatic carbocycles. The van der Waals surface area contributed by atoms with Gasteiger partial charge in [0.2, 0.25) is 5.91 Å². The number of nitrogens with one attached hydrogen (secondary N) is 1. The summed E-state index contributed by atoms with van der Waals surface area (Å²) in [7, 11) is 0. The zero-order valence-corrected chi connectivity index (χ0v) is 12.6. The number of thiol groups is 2. The van der Waals surface area contributed by atoms with Crippen molar-refractivity contribution in [2.24, 2.45) is 11.7 Å². The van der Waals surface area contributed by atoms with Crippen molar-refractivity contribution in [2.75, 3.05) is 0 Å². The maximum atomic E-state index is 10.1. The van der Waals surface area contributed by atoms with Gasteiger partial charge in [-0.3, -0.25) is 19.8 Å². The van der Waals surface area contributed by atoms with Gasteiger partial charge in [0, 0.05) is 6.92 Å². The van der Waals surface area contributed by atoms with Gasteiger partial charge in [0.25, 0.3) is 10.5 Å². The summed E-state index contributed by atoms with van der Waals surface area (Å²) in [6, 6.07) is 0. The standard InChI is InChI=1S/C3H6N2O2S.CH4N2OS.K.H/c1-2(6)5(4)3(7)8;2-3-1(4)5;;/h4H2,1H3,(H,7,8);2H2,(H2,3,4,5);;/q;;+1;-1. The van der Waals surface area contributed by atoms with Crippen molar-refractivity contribution in [3.8, 4) is 0 Å². The summed E-state index contributed by atoms with van der Waals surface area (Å²) in [5.74, 6) is 8.79. The topological polar surface area (TPSA) is 119 Å². The van der Waals surface area contributed by atoms with Gasteiger partial charge in [0.15, 0.2) is 0 Å². The van der Waals surface area contributed by atoms with Gasteiger partial charge in [-0.1, -0.05) is 25.3 Å². The van der Waals surface area contributed by atoms with Gasteiger partial charge >= 0.3 is 51.4 Å². The molecule has 0 aliphatic heterocycles. The van der Waals surface area contributed by atoms with Crippen molar-refractivity contribution < 1.29 is 67.2 Å². The number of nitrogens with zero attached hydrogens (tertiary/aromatic N) is 1. The van der Waals surface area contributed by atoms with Crippen LogP contribution in [0.2, 0.25) is 0 Å². The van der Waals surface area contributed by atoms with E-state index < -0.39 is 16.4 Å². The molecule has 3 amide bonds. The number of hydrazine groups is 2. The molecule has 0 atom stereocenters. The van der Waals surface area contributed by atoms with Crippen molar-refractivity contribution in [3.05, 3.63) is 0 Å². The molecule has 5 N–H and O–H groups in total. The molecule has 0 rings (SSSR count). The zero-order valence-electron chi connectivity index (χ0n) is 8.72. The number of imide groups is 1. The van der Waals surface area contributed by atoms with Gasteiger partial charge in [0.05, 0.1) is 0 Å². The van der Waals surface area contributed by atoms with Crippen LogP contribution in [0.4, 0.5) is 9.59 Å². The molecule has 78 valence electrons. The molecular weight excluding hydrogens is 255 g/mol. The Balaban J connectivity index is -0.0000000770. The molecule has 0 bridgehead atoms. The molecule has 0 aromatic rings. The summed E-state index contributed by atoms with van der Waals surface area (Å²) in [5, 5.41) is -0.856. The van der Waals surface area contributed by atoms with Gasteiger partial charge in [-0.15, -0.1) is 0 Å². The molecule has 0 aliphatic carbocycles. The normalized spacial score (nSPS) is 7.21. The molecule has 0 radical (unpaired) electrons. The second-order valence-electron chi connectivity index (χ2n) is 1.62. The first-order chi connectivity index (χ1) is 5.82. The molecule has 10 heteroatoms. The van der Waals surface area contributed by atoms with E-state index in [9.17, 15) is 14.4 Å². The SMILES string of the molecule is CC(=O)N(N)C(=O)S.NNC(=O)S.[H-].[K+]. The molecule has 0 heterocycles. The second-order valence-corrected chi connectivity index (χ2v) is 2.41. The number of hydrogen-bond donors (Lipinski definition) is 5. The van der Waals surface area contributed by atoms with Crippen LogP contribution >= 0.6 is 25.3 Å². The first kappa shape index (κ1) is 20.3. The average Bonchev–Trinajstić information content (AvgIpc) is 2.03. The maximum Gasteiger partial charge on any atom is 1.00 e. The van der Waals surface area contributed by atoms with Crippen molar-refractivity contribution in [1.82, 2.24) is 10.4 Å². The van der Waals surface area contributed by atoms with Crippen LogP contribution in [0.25, 0.3) is 0 Å². The molecule has 0 saturated carbocycles. The molecule has 0 spiro atoms. The van der Waals surface area contributed by atoms with E-state index in [1.165, 1.54) is 6.92 Å². The first-order valence-corrected chi connectivity index (χ1v) is 3.70. The minimum atomic E-state index is -0.752. The van der Waals surface area contributed by atoms with Crippen molar-refractivity contribution >= 4 is 41.6 Å². The summed E-state index contributed by atoms with van der Waals surface area (Å²) < 4.78 is 0. The fourth-order valence-electron chi connectivity index (χ4n) is 0.135. The van der Waals surface area contributed by atoms with Crippen LogP contribution in [-0.2, 0) is 4.79 Å². The van der Waals surface area contributed by atoms with Crippen molar-refractivity contribution in [3.63, 3.8) is 0 Å². The molecule has 0 unspecified atom stereocenters. The molecule has 0 fully saturated rings. The third-order valence-electron chi connectivity index (χ3n) is 0.669. The van der Waals surface area contributed by atoms with Crippen LogP contribution in [0.5, 0.6) is 0 Å². The molecule has 0 aliphatic rings. The van der Waals surface area contributed by atoms with E-state index in [0.717, 1.165) is 0 Å². The van der Waals surface area contributed by atoms with Crippen LogP contribution < -0.4 is 68.5 Å². The molecule has 7 nitrogen and oxygen atoms in total. The Bertz CT molecular complexity index is 206. The summed E-state index contributed by atoms with van der Waals surface area (Å²) in [5.41, 5.74) is 1.75. The Labute approximate surface area is 136 Å². The summed E-state index contributed by atoms with van der Waals surface area (Å²) in [4.78, 5) is 29.6. The van der Waals surface area contributed by atoms with Gasteiger partial charge < -0.3 is 1.43 Å². The molecule has 0 aromatic heterocycles. The van der Waals surface area contributed by atoms with Gasteiger partial charge in [-0.2, -0.15) is 0 Å². The van der Waals surface area contributed by atoms with Crippen LogP contribution in [0.3, 0.4) is 0 Å². The molecular formula is C4H11KN4O3S2. The first-order valence-electron chi connectivity index (χ1n) is 2.80. The van der Waals surface area contributed by atoms with E-state index in [2.05, 4.69) is 31.1 Å². The Morgan fingerprint density at radius 3 is 1.64 bits per heavy atom. The van der Waals surface area contributed by atoms with E-state index >= 15 is 0 Å². The van der Waals surface area contributed by atoms with Crippen LogP contribution in [-0.4, -0.2) is 21.4 Å². The maximum absolute atomic E-state index is 10.1. The average molecular weight is 266 g/mol. The summed E-state index contributed by atoms with van der Waals surface area (Å²) in [6.07, 6.45) is 0.